The van der Waals surface area contributed by atoms with E-state index in [1.807, 2.05) is 48.7 Å². The highest BCUT2D eigenvalue weighted by Gasteiger charge is 2.22. The van der Waals surface area contributed by atoms with Gasteiger partial charge < -0.3 is 10.1 Å². The molecule has 3 rings (SSSR count). The molecule has 0 saturated carbocycles. The average Bonchev–Trinajstić information content (AvgIpc) is 3.05. The van der Waals surface area contributed by atoms with Crippen molar-refractivity contribution in [2.24, 2.45) is 0 Å². The standard InChI is InChI=1S/C20H16BrNO3S/c1-12-4-3-5-14(10-12)18(23)22-19-17(20(24)25-2)16(11-26-19)13-6-8-15(21)9-7-13/h3-11H,1-2H3,(H,22,23). The van der Waals surface area contributed by atoms with E-state index in [-0.39, 0.29) is 5.91 Å². The monoisotopic (exact) mass is 429 g/mol. The molecule has 26 heavy (non-hydrogen) atoms. The molecule has 1 heterocycles. The first kappa shape index (κ1) is 18.4. The molecule has 0 aliphatic heterocycles. The van der Waals surface area contributed by atoms with Crippen LogP contribution in [-0.4, -0.2) is 19.0 Å². The summed E-state index contributed by atoms with van der Waals surface area (Å²) in [6.45, 7) is 1.92. The Morgan fingerprint density at radius 1 is 1.12 bits per heavy atom. The van der Waals surface area contributed by atoms with Crippen LogP contribution in [-0.2, 0) is 4.74 Å². The van der Waals surface area contributed by atoms with Crippen molar-refractivity contribution in [2.75, 3.05) is 12.4 Å². The molecule has 0 bridgehead atoms. The Kier molecular flexibility index (Phi) is 5.54. The Bertz CT molecular complexity index is 963. The molecular formula is C20H16BrNO3S. The second-order valence-corrected chi connectivity index (χ2v) is 7.47. The summed E-state index contributed by atoms with van der Waals surface area (Å²) < 4.78 is 5.88. The van der Waals surface area contributed by atoms with E-state index in [1.54, 1.807) is 12.1 Å². The zero-order chi connectivity index (χ0) is 18.7. The SMILES string of the molecule is COC(=O)c1c(-c2ccc(Br)cc2)csc1NC(=O)c1cccc(C)c1. The summed E-state index contributed by atoms with van der Waals surface area (Å²) >= 11 is 4.70. The van der Waals surface area contributed by atoms with Crippen LogP contribution in [0.3, 0.4) is 0 Å². The molecule has 0 spiro atoms. The smallest absolute Gasteiger partial charge is 0.341 e. The number of esters is 1. The number of carbonyl (C=O) groups is 2. The molecule has 3 aromatic rings. The first-order chi connectivity index (χ1) is 12.5. The molecular weight excluding hydrogens is 414 g/mol. The lowest BCUT2D eigenvalue weighted by atomic mass is 10.0. The number of rotatable bonds is 4. The van der Waals surface area contributed by atoms with Crippen LogP contribution < -0.4 is 5.32 Å². The summed E-state index contributed by atoms with van der Waals surface area (Å²) in [6.07, 6.45) is 0. The number of thiophene rings is 1. The normalized spacial score (nSPS) is 10.4. The number of amides is 1. The van der Waals surface area contributed by atoms with Gasteiger partial charge in [0.05, 0.1) is 7.11 Å². The van der Waals surface area contributed by atoms with Crippen LogP contribution in [0, 0.1) is 6.92 Å². The molecule has 6 heteroatoms. The van der Waals surface area contributed by atoms with Crippen molar-refractivity contribution < 1.29 is 14.3 Å². The Labute approximate surface area is 163 Å². The Morgan fingerprint density at radius 2 is 1.85 bits per heavy atom. The van der Waals surface area contributed by atoms with Crippen LogP contribution in [0.4, 0.5) is 5.00 Å². The third kappa shape index (κ3) is 3.86. The number of carbonyl (C=O) groups excluding carboxylic acids is 2. The second-order valence-electron chi connectivity index (χ2n) is 5.68. The van der Waals surface area contributed by atoms with Crippen molar-refractivity contribution in [3.05, 3.63) is 75.1 Å². The Hall–Kier alpha value is -2.44. The summed E-state index contributed by atoms with van der Waals surface area (Å²) in [4.78, 5) is 24.9. The molecule has 1 amide bonds. The van der Waals surface area contributed by atoms with Gasteiger partial charge in [0.15, 0.2) is 0 Å². The van der Waals surface area contributed by atoms with Crippen LogP contribution in [0.15, 0.2) is 58.4 Å². The molecule has 0 fully saturated rings. The molecule has 0 radical (unpaired) electrons. The van der Waals surface area contributed by atoms with Gasteiger partial charge in [-0.15, -0.1) is 11.3 Å². The number of hydrogen-bond acceptors (Lipinski definition) is 4. The van der Waals surface area contributed by atoms with Crippen molar-refractivity contribution in [1.82, 2.24) is 0 Å². The van der Waals surface area contributed by atoms with E-state index in [0.29, 0.717) is 16.1 Å². The first-order valence-electron chi connectivity index (χ1n) is 7.83. The number of methoxy groups -OCH3 is 1. The minimum absolute atomic E-state index is 0.261. The lowest BCUT2D eigenvalue weighted by Gasteiger charge is -2.08. The maximum atomic E-state index is 12.6. The molecule has 2 aromatic carbocycles. The zero-order valence-electron chi connectivity index (χ0n) is 14.2. The number of anilines is 1. The van der Waals surface area contributed by atoms with Gasteiger partial charge in [0, 0.05) is 21.0 Å². The van der Waals surface area contributed by atoms with Crippen LogP contribution in [0.25, 0.3) is 11.1 Å². The molecule has 4 nitrogen and oxygen atoms in total. The number of hydrogen-bond donors (Lipinski definition) is 1. The fourth-order valence-electron chi connectivity index (χ4n) is 2.56. The van der Waals surface area contributed by atoms with Gasteiger partial charge in [0.1, 0.15) is 10.6 Å². The fourth-order valence-corrected chi connectivity index (χ4v) is 3.77. The lowest BCUT2D eigenvalue weighted by molar-refractivity contribution is 0.0603. The molecule has 0 atom stereocenters. The van der Waals surface area contributed by atoms with Crippen LogP contribution in [0.1, 0.15) is 26.3 Å². The molecule has 1 aromatic heterocycles. The maximum absolute atomic E-state index is 12.6. The number of aryl methyl sites for hydroxylation is 1. The molecule has 1 N–H and O–H groups in total. The Balaban J connectivity index is 1.98. The van der Waals surface area contributed by atoms with Gasteiger partial charge >= 0.3 is 5.97 Å². The van der Waals surface area contributed by atoms with Crippen LogP contribution >= 0.6 is 27.3 Å². The van der Waals surface area contributed by atoms with Gasteiger partial charge in [-0.25, -0.2) is 4.79 Å². The predicted molar refractivity (Wildman–Crippen MR) is 108 cm³/mol. The molecule has 0 saturated heterocycles. The lowest BCUT2D eigenvalue weighted by Crippen LogP contribution is -2.14. The molecule has 0 aliphatic rings. The number of benzene rings is 2. The van der Waals surface area contributed by atoms with Crippen LogP contribution in [0.5, 0.6) is 0 Å². The highest BCUT2D eigenvalue weighted by atomic mass is 79.9. The maximum Gasteiger partial charge on any atom is 0.341 e. The van der Waals surface area contributed by atoms with Crippen LogP contribution in [0.2, 0.25) is 0 Å². The number of ether oxygens (including phenoxy) is 1. The Morgan fingerprint density at radius 3 is 2.50 bits per heavy atom. The fraction of sp³-hybridized carbons (Fsp3) is 0.100. The summed E-state index contributed by atoms with van der Waals surface area (Å²) in [6, 6.07) is 14.9. The van der Waals surface area contributed by atoms with Gasteiger partial charge in [-0.3, -0.25) is 4.79 Å². The molecule has 0 unspecified atom stereocenters. The molecule has 0 aliphatic carbocycles. The third-order valence-electron chi connectivity index (χ3n) is 3.84. The van der Waals surface area contributed by atoms with E-state index in [9.17, 15) is 9.59 Å². The van der Waals surface area contributed by atoms with Gasteiger partial charge in [0.25, 0.3) is 5.91 Å². The second kappa shape index (κ2) is 7.85. The van der Waals surface area contributed by atoms with E-state index >= 15 is 0 Å². The van der Waals surface area contributed by atoms with Crippen molar-refractivity contribution in [3.63, 3.8) is 0 Å². The number of nitrogens with one attached hydrogen (secondary N) is 1. The van der Waals surface area contributed by atoms with E-state index in [4.69, 9.17) is 4.74 Å². The van der Waals surface area contributed by atoms with Crippen molar-refractivity contribution in [1.29, 1.82) is 0 Å². The largest absolute Gasteiger partial charge is 0.465 e. The predicted octanol–water partition coefficient (Wildman–Crippen LogP) is 5.52. The third-order valence-corrected chi connectivity index (χ3v) is 5.27. The minimum Gasteiger partial charge on any atom is -0.465 e. The highest BCUT2D eigenvalue weighted by molar-refractivity contribution is 9.10. The van der Waals surface area contributed by atoms with Crippen molar-refractivity contribution in [2.45, 2.75) is 6.92 Å². The summed E-state index contributed by atoms with van der Waals surface area (Å²) in [7, 11) is 1.33. The van der Waals surface area contributed by atoms with Crippen molar-refractivity contribution >= 4 is 44.1 Å². The van der Waals surface area contributed by atoms with E-state index in [2.05, 4.69) is 21.2 Å². The minimum atomic E-state index is -0.483. The highest BCUT2D eigenvalue weighted by Crippen LogP contribution is 2.36. The molecule has 132 valence electrons. The quantitative estimate of drug-likeness (QED) is 0.555. The van der Waals surface area contributed by atoms with E-state index < -0.39 is 5.97 Å². The summed E-state index contributed by atoms with van der Waals surface area (Å²) in [5.41, 5.74) is 3.50. The number of halogens is 1. The topological polar surface area (TPSA) is 55.4 Å². The van der Waals surface area contributed by atoms with Gasteiger partial charge in [0.2, 0.25) is 0 Å². The summed E-state index contributed by atoms with van der Waals surface area (Å²) in [5, 5.41) is 5.16. The first-order valence-corrected chi connectivity index (χ1v) is 9.50. The van der Waals surface area contributed by atoms with Crippen molar-refractivity contribution in [3.8, 4) is 11.1 Å². The summed E-state index contributed by atoms with van der Waals surface area (Å²) in [5.74, 6) is -0.744. The van der Waals surface area contributed by atoms with E-state index in [0.717, 1.165) is 21.2 Å². The van der Waals surface area contributed by atoms with Gasteiger partial charge in [-0.1, -0.05) is 45.8 Å². The van der Waals surface area contributed by atoms with E-state index in [1.165, 1.54) is 18.4 Å². The zero-order valence-corrected chi connectivity index (χ0v) is 16.6. The van der Waals surface area contributed by atoms with Gasteiger partial charge in [-0.2, -0.15) is 0 Å². The van der Waals surface area contributed by atoms with Gasteiger partial charge in [-0.05, 0) is 36.8 Å². The average molecular weight is 430 g/mol.